The Labute approximate surface area is 137 Å². The SMILES string of the molecule is Cc1cc(SCc2ccc([N+](=O)[O-])cc2Cl)c(C)cc1Cl. The van der Waals surface area contributed by atoms with Gasteiger partial charge in [-0.15, -0.1) is 11.8 Å². The molecule has 0 aliphatic carbocycles. The van der Waals surface area contributed by atoms with Crippen LogP contribution in [0.2, 0.25) is 10.0 Å². The third-order valence-corrected chi connectivity index (χ3v) is 5.05. The fourth-order valence-electron chi connectivity index (χ4n) is 1.83. The Kier molecular flexibility index (Phi) is 5.14. The van der Waals surface area contributed by atoms with Crippen molar-refractivity contribution in [2.24, 2.45) is 0 Å². The van der Waals surface area contributed by atoms with Gasteiger partial charge in [-0.3, -0.25) is 10.1 Å². The van der Waals surface area contributed by atoms with Gasteiger partial charge in [0.2, 0.25) is 0 Å². The third kappa shape index (κ3) is 3.90. The molecule has 0 aromatic heterocycles. The molecule has 0 unspecified atom stereocenters. The normalized spacial score (nSPS) is 10.7. The fraction of sp³-hybridized carbons (Fsp3) is 0.200. The summed E-state index contributed by atoms with van der Waals surface area (Å²) < 4.78 is 0. The minimum absolute atomic E-state index is 0.00673. The quantitative estimate of drug-likeness (QED) is 0.400. The molecule has 6 heteroatoms. The zero-order valence-electron chi connectivity index (χ0n) is 11.5. The molecule has 0 heterocycles. The highest BCUT2D eigenvalue weighted by Crippen LogP contribution is 2.33. The van der Waals surface area contributed by atoms with Crippen LogP contribution in [0.3, 0.4) is 0 Å². The van der Waals surface area contributed by atoms with E-state index in [1.165, 1.54) is 12.1 Å². The molecule has 110 valence electrons. The van der Waals surface area contributed by atoms with Crippen molar-refractivity contribution in [2.45, 2.75) is 24.5 Å². The van der Waals surface area contributed by atoms with Crippen molar-refractivity contribution in [3.05, 3.63) is 67.2 Å². The maximum atomic E-state index is 10.7. The largest absolute Gasteiger partial charge is 0.270 e. The van der Waals surface area contributed by atoms with Crippen molar-refractivity contribution in [1.29, 1.82) is 0 Å². The van der Waals surface area contributed by atoms with Gasteiger partial charge in [0, 0.05) is 27.8 Å². The summed E-state index contributed by atoms with van der Waals surface area (Å²) >= 11 is 13.8. The highest BCUT2D eigenvalue weighted by molar-refractivity contribution is 7.98. The summed E-state index contributed by atoms with van der Waals surface area (Å²) in [5.74, 6) is 0.652. The molecule has 2 aromatic rings. The van der Waals surface area contributed by atoms with Gasteiger partial charge in [-0.1, -0.05) is 23.2 Å². The van der Waals surface area contributed by atoms with E-state index >= 15 is 0 Å². The van der Waals surface area contributed by atoms with E-state index in [-0.39, 0.29) is 5.69 Å². The number of hydrogen-bond acceptors (Lipinski definition) is 3. The molecule has 2 aromatic carbocycles. The Hall–Kier alpha value is -1.23. The molecule has 2 rings (SSSR count). The second-order valence-electron chi connectivity index (χ2n) is 4.69. The number of nitro benzene ring substituents is 1. The standard InChI is InChI=1S/C15H13Cl2NO2S/c1-9-6-15(10(2)5-13(9)16)21-8-11-3-4-12(18(19)20)7-14(11)17/h3-7H,8H2,1-2H3. The van der Waals surface area contributed by atoms with Crippen LogP contribution in [0.1, 0.15) is 16.7 Å². The van der Waals surface area contributed by atoms with Crippen molar-refractivity contribution in [3.8, 4) is 0 Å². The van der Waals surface area contributed by atoms with E-state index in [1.807, 2.05) is 26.0 Å². The number of benzene rings is 2. The lowest BCUT2D eigenvalue weighted by Gasteiger charge is -2.09. The summed E-state index contributed by atoms with van der Waals surface area (Å²) in [6.45, 7) is 3.97. The van der Waals surface area contributed by atoms with Crippen LogP contribution in [0.15, 0.2) is 35.2 Å². The van der Waals surface area contributed by atoms with Gasteiger partial charge in [0.15, 0.2) is 0 Å². The van der Waals surface area contributed by atoms with Crippen LogP contribution in [-0.2, 0) is 5.75 Å². The average molecular weight is 342 g/mol. The highest BCUT2D eigenvalue weighted by Gasteiger charge is 2.10. The predicted molar refractivity (Wildman–Crippen MR) is 88.6 cm³/mol. The number of non-ortho nitro benzene ring substituents is 1. The molecule has 21 heavy (non-hydrogen) atoms. The first-order valence-electron chi connectivity index (χ1n) is 6.21. The van der Waals surface area contributed by atoms with Crippen molar-refractivity contribution < 1.29 is 4.92 Å². The molecule has 0 N–H and O–H groups in total. The first-order valence-corrected chi connectivity index (χ1v) is 7.95. The fourth-order valence-corrected chi connectivity index (χ4v) is 3.48. The zero-order valence-corrected chi connectivity index (χ0v) is 13.9. The van der Waals surface area contributed by atoms with Crippen LogP contribution in [0, 0.1) is 24.0 Å². The van der Waals surface area contributed by atoms with E-state index in [4.69, 9.17) is 23.2 Å². The third-order valence-electron chi connectivity index (χ3n) is 3.09. The van der Waals surface area contributed by atoms with Gasteiger partial charge in [-0.05, 0) is 48.7 Å². The Bertz CT molecular complexity index is 704. The van der Waals surface area contributed by atoms with E-state index in [9.17, 15) is 10.1 Å². The molecule has 0 saturated heterocycles. The molecule has 0 radical (unpaired) electrons. The topological polar surface area (TPSA) is 43.1 Å². The minimum atomic E-state index is -0.449. The molecule has 0 atom stereocenters. The van der Waals surface area contributed by atoms with Crippen LogP contribution < -0.4 is 0 Å². The van der Waals surface area contributed by atoms with Crippen LogP contribution in [0.5, 0.6) is 0 Å². The molecule has 0 aliphatic rings. The summed E-state index contributed by atoms with van der Waals surface area (Å²) in [7, 11) is 0. The number of rotatable bonds is 4. The monoisotopic (exact) mass is 341 g/mol. The van der Waals surface area contributed by atoms with E-state index in [0.29, 0.717) is 10.8 Å². The van der Waals surface area contributed by atoms with Gasteiger partial charge in [-0.25, -0.2) is 0 Å². The van der Waals surface area contributed by atoms with Crippen molar-refractivity contribution >= 4 is 40.7 Å². The lowest BCUT2D eigenvalue weighted by Crippen LogP contribution is -1.90. The predicted octanol–water partition coefficient (Wildman–Crippen LogP) is 5.81. The van der Waals surface area contributed by atoms with Gasteiger partial charge in [0.1, 0.15) is 0 Å². The molecule has 0 bridgehead atoms. The molecule has 0 aliphatic heterocycles. The van der Waals surface area contributed by atoms with Gasteiger partial charge in [-0.2, -0.15) is 0 Å². The number of thioether (sulfide) groups is 1. The maximum Gasteiger partial charge on any atom is 0.270 e. The second kappa shape index (κ2) is 6.69. The summed E-state index contributed by atoms with van der Waals surface area (Å²) in [5.41, 5.74) is 3.01. The number of halogens is 2. The van der Waals surface area contributed by atoms with Crippen LogP contribution in [0.4, 0.5) is 5.69 Å². The van der Waals surface area contributed by atoms with Gasteiger partial charge < -0.3 is 0 Å². The maximum absolute atomic E-state index is 10.7. The molecule has 0 spiro atoms. The van der Waals surface area contributed by atoms with Crippen LogP contribution in [-0.4, -0.2) is 4.92 Å². The Balaban J connectivity index is 2.17. The number of hydrogen-bond donors (Lipinski definition) is 0. The molecular formula is C15H13Cl2NO2S. The summed E-state index contributed by atoms with van der Waals surface area (Å²) in [6.07, 6.45) is 0. The van der Waals surface area contributed by atoms with E-state index < -0.39 is 4.92 Å². The van der Waals surface area contributed by atoms with Gasteiger partial charge >= 0.3 is 0 Å². The summed E-state index contributed by atoms with van der Waals surface area (Å²) in [6, 6.07) is 8.54. The number of aryl methyl sites for hydroxylation is 2. The molecular weight excluding hydrogens is 329 g/mol. The molecule has 3 nitrogen and oxygen atoms in total. The van der Waals surface area contributed by atoms with Crippen LogP contribution >= 0.6 is 35.0 Å². The minimum Gasteiger partial charge on any atom is -0.258 e. The first kappa shape index (κ1) is 16.1. The van der Waals surface area contributed by atoms with Gasteiger partial charge in [0.25, 0.3) is 5.69 Å². The van der Waals surface area contributed by atoms with Crippen molar-refractivity contribution in [2.75, 3.05) is 0 Å². The molecule has 0 amide bonds. The first-order chi connectivity index (χ1) is 9.88. The number of nitrogens with zero attached hydrogens (tertiary/aromatic N) is 1. The zero-order chi connectivity index (χ0) is 15.6. The van der Waals surface area contributed by atoms with E-state index in [0.717, 1.165) is 26.6 Å². The second-order valence-corrected chi connectivity index (χ2v) is 6.52. The van der Waals surface area contributed by atoms with Crippen molar-refractivity contribution in [3.63, 3.8) is 0 Å². The van der Waals surface area contributed by atoms with E-state index in [2.05, 4.69) is 0 Å². The summed E-state index contributed by atoms with van der Waals surface area (Å²) in [4.78, 5) is 11.4. The lowest BCUT2D eigenvalue weighted by molar-refractivity contribution is -0.384. The summed E-state index contributed by atoms with van der Waals surface area (Å²) in [5, 5.41) is 11.9. The van der Waals surface area contributed by atoms with Crippen molar-refractivity contribution in [1.82, 2.24) is 0 Å². The number of nitro groups is 1. The Morgan fingerprint density at radius 1 is 1.10 bits per heavy atom. The molecule has 0 fully saturated rings. The highest BCUT2D eigenvalue weighted by atomic mass is 35.5. The lowest BCUT2D eigenvalue weighted by atomic mass is 10.2. The molecule has 0 saturated carbocycles. The van der Waals surface area contributed by atoms with E-state index in [1.54, 1.807) is 17.8 Å². The Morgan fingerprint density at radius 3 is 2.43 bits per heavy atom. The smallest absolute Gasteiger partial charge is 0.258 e. The van der Waals surface area contributed by atoms with Gasteiger partial charge in [0.05, 0.1) is 9.95 Å². The van der Waals surface area contributed by atoms with Crippen LogP contribution in [0.25, 0.3) is 0 Å². The average Bonchev–Trinajstić information content (AvgIpc) is 2.42. The Morgan fingerprint density at radius 2 is 1.81 bits per heavy atom.